The molecule has 18 heavy (non-hydrogen) atoms. The van der Waals surface area contributed by atoms with Crippen molar-refractivity contribution in [2.75, 3.05) is 0 Å². The minimum Gasteiger partial charge on any atom is -0.410 e. The van der Waals surface area contributed by atoms with Crippen molar-refractivity contribution in [2.45, 2.75) is 64.8 Å². The van der Waals surface area contributed by atoms with Gasteiger partial charge in [-0.05, 0) is 44.7 Å². The highest BCUT2D eigenvalue weighted by molar-refractivity contribution is 9.10. The highest BCUT2D eigenvalue weighted by atomic mass is 79.9. The van der Waals surface area contributed by atoms with Crippen molar-refractivity contribution in [3.63, 3.8) is 0 Å². The summed E-state index contributed by atoms with van der Waals surface area (Å²) in [6.45, 7) is 14.6. The number of aromatic amines is 1. The molecular weight excluding hydrogens is 306 g/mol. The average molecular weight is 332 g/mol. The zero-order chi connectivity index (χ0) is 13.9. The Kier molecular flexibility index (Phi) is 5.68. The van der Waals surface area contributed by atoms with Crippen LogP contribution in [0.3, 0.4) is 0 Å². The summed E-state index contributed by atoms with van der Waals surface area (Å²) >= 11 is 3.44. The van der Waals surface area contributed by atoms with Gasteiger partial charge in [0.25, 0.3) is 0 Å². The Labute approximate surface area is 121 Å². The number of aromatic nitrogens is 1. The molecule has 0 aliphatic heterocycles. The lowest BCUT2D eigenvalue weighted by Crippen LogP contribution is -2.47. The van der Waals surface area contributed by atoms with Crippen LogP contribution in [-0.4, -0.2) is 13.3 Å². The molecule has 0 unspecified atom stereocenters. The zero-order valence-electron chi connectivity index (χ0n) is 12.4. The van der Waals surface area contributed by atoms with E-state index in [2.05, 4.69) is 68.5 Å². The Morgan fingerprint density at radius 3 is 1.89 bits per heavy atom. The summed E-state index contributed by atoms with van der Waals surface area (Å²) in [5.74, 6) is 0. The van der Waals surface area contributed by atoms with Crippen LogP contribution in [0.15, 0.2) is 16.7 Å². The summed E-state index contributed by atoms with van der Waals surface area (Å²) in [6.07, 6.45) is 0. The van der Waals surface area contributed by atoms with Gasteiger partial charge in [-0.1, -0.05) is 41.5 Å². The minimum absolute atomic E-state index is 0.635. The minimum atomic E-state index is -1.74. The van der Waals surface area contributed by atoms with E-state index in [1.165, 1.54) is 0 Å². The lowest BCUT2D eigenvalue weighted by atomic mass is 10.5. The lowest BCUT2D eigenvalue weighted by molar-refractivity contribution is 0.262. The number of hydrogen-bond acceptors (Lipinski definition) is 1. The van der Waals surface area contributed by atoms with Crippen LogP contribution in [0.2, 0.25) is 16.6 Å². The maximum atomic E-state index is 6.50. The van der Waals surface area contributed by atoms with E-state index in [4.69, 9.17) is 4.43 Å². The molecule has 0 saturated heterocycles. The summed E-state index contributed by atoms with van der Waals surface area (Å²) in [6, 6.07) is 4.12. The first-order chi connectivity index (χ1) is 8.30. The molecular formula is C14H26BrNOSi. The molecule has 104 valence electrons. The quantitative estimate of drug-likeness (QED) is 0.687. The third-order valence-corrected chi connectivity index (χ3v) is 10.4. The van der Waals surface area contributed by atoms with Gasteiger partial charge in [-0.3, -0.25) is 0 Å². The first-order valence-corrected chi connectivity index (χ1v) is 9.71. The molecule has 1 aromatic heterocycles. The summed E-state index contributed by atoms with van der Waals surface area (Å²) < 4.78 is 7.52. The maximum absolute atomic E-state index is 6.50. The molecule has 0 saturated carbocycles. The maximum Gasteiger partial charge on any atom is 0.200 e. The monoisotopic (exact) mass is 331 g/mol. The molecule has 1 rings (SSSR count). The van der Waals surface area contributed by atoms with Crippen molar-refractivity contribution in [3.05, 3.63) is 22.4 Å². The van der Waals surface area contributed by atoms with Gasteiger partial charge in [-0.25, -0.2) is 0 Å². The van der Waals surface area contributed by atoms with Crippen LogP contribution in [-0.2, 0) is 11.0 Å². The van der Waals surface area contributed by atoms with Crippen molar-refractivity contribution in [1.82, 2.24) is 4.98 Å². The van der Waals surface area contributed by atoms with Gasteiger partial charge in [0.2, 0.25) is 8.32 Å². The number of H-pyrrole nitrogens is 1. The van der Waals surface area contributed by atoms with Gasteiger partial charge in [0.15, 0.2) is 0 Å². The second-order valence-corrected chi connectivity index (χ2v) is 12.3. The third kappa shape index (κ3) is 3.28. The number of rotatable bonds is 6. The van der Waals surface area contributed by atoms with Gasteiger partial charge in [0.1, 0.15) is 0 Å². The second kappa shape index (κ2) is 6.39. The molecule has 0 atom stereocenters. The molecule has 0 aliphatic rings. The first kappa shape index (κ1) is 16.0. The van der Waals surface area contributed by atoms with Crippen molar-refractivity contribution in [3.8, 4) is 0 Å². The van der Waals surface area contributed by atoms with E-state index in [0.29, 0.717) is 23.2 Å². The number of nitrogens with one attached hydrogen (secondary N) is 1. The predicted molar refractivity (Wildman–Crippen MR) is 84.3 cm³/mol. The Balaban J connectivity index is 2.85. The van der Waals surface area contributed by atoms with Crippen LogP contribution in [0.1, 0.15) is 47.2 Å². The van der Waals surface area contributed by atoms with Crippen molar-refractivity contribution >= 4 is 24.2 Å². The Morgan fingerprint density at radius 2 is 1.56 bits per heavy atom. The lowest BCUT2D eigenvalue weighted by Gasteiger charge is -2.42. The van der Waals surface area contributed by atoms with E-state index in [1.54, 1.807) is 0 Å². The van der Waals surface area contributed by atoms with E-state index >= 15 is 0 Å². The zero-order valence-corrected chi connectivity index (χ0v) is 15.0. The summed E-state index contributed by atoms with van der Waals surface area (Å²) in [7, 11) is -1.74. The highest BCUT2D eigenvalue weighted by Crippen LogP contribution is 2.42. The molecule has 1 N–H and O–H groups in total. The third-order valence-electron chi connectivity index (χ3n) is 3.90. The van der Waals surface area contributed by atoms with Crippen LogP contribution < -0.4 is 0 Å². The molecule has 1 aromatic rings. The van der Waals surface area contributed by atoms with Crippen LogP contribution in [0.25, 0.3) is 0 Å². The highest BCUT2D eigenvalue weighted by Gasteiger charge is 2.44. The molecule has 4 heteroatoms. The van der Waals surface area contributed by atoms with E-state index in [-0.39, 0.29) is 0 Å². The molecule has 2 nitrogen and oxygen atoms in total. The summed E-state index contributed by atoms with van der Waals surface area (Å²) in [4.78, 5) is 3.28. The molecule has 0 amide bonds. The van der Waals surface area contributed by atoms with Gasteiger partial charge in [-0.2, -0.15) is 0 Å². The number of halogens is 1. The largest absolute Gasteiger partial charge is 0.410 e. The van der Waals surface area contributed by atoms with Crippen molar-refractivity contribution in [1.29, 1.82) is 0 Å². The average Bonchev–Trinajstić information content (AvgIpc) is 2.63. The van der Waals surface area contributed by atoms with E-state index < -0.39 is 8.32 Å². The first-order valence-electron chi connectivity index (χ1n) is 6.78. The molecule has 0 aliphatic carbocycles. The molecule has 0 bridgehead atoms. The topological polar surface area (TPSA) is 25.0 Å². The normalized spacial score (nSPS) is 13.0. The summed E-state index contributed by atoms with van der Waals surface area (Å²) in [5.41, 5.74) is 3.06. The van der Waals surface area contributed by atoms with E-state index in [1.807, 2.05) is 6.07 Å². The van der Waals surface area contributed by atoms with E-state index in [9.17, 15) is 0 Å². The molecule has 0 fully saturated rings. The van der Waals surface area contributed by atoms with Gasteiger partial charge in [-0.15, -0.1) is 0 Å². The fourth-order valence-electron chi connectivity index (χ4n) is 3.20. The molecule has 0 aromatic carbocycles. The van der Waals surface area contributed by atoms with E-state index in [0.717, 1.165) is 10.3 Å². The fourth-order valence-corrected chi connectivity index (χ4v) is 8.99. The number of hydrogen-bond donors (Lipinski definition) is 1. The van der Waals surface area contributed by atoms with Crippen LogP contribution >= 0.6 is 15.9 Å². The predicted octanol–water partition coefficient (Wildman–Crippen LogP) is 5.47. The Bertz CT molecular complexity index is 352. The molecule has 0 spiro atoms. The van der Waals surface area contributed by atoms with Gasteiger partial charge in [0.05, 0.1) is 11.2 Å². The van der Waals surface area contributed by atoms with Crippen LogP contribution in [0.5, 0.6) is 0 Å². The van der Waals surface area contributed by atoms with Crippen LogP contribution in [0.4, 0.5) is 0 Å². The van der Waals surface area contributed by atoms with Crippen LogP contribution in [0, 0.1) is 0 Å². The molecule has 0 radical (unpaired) electrons. The Morgan fingerprint density at radius 1 is 1.06 bits per heavy atom. The van der Waals surface area contributed by atoms with Gasteiger partial charge in [0, 0.05) is 5.69 Å². The van der Waals surface area contributed by atoms with Gasteiger partial charge < -0.3 is 9.41 Å². The Hall–Kier alpha value is -0.0631. The van der Waals surface area contributed by atoms with Crippen molar-refractivity contribution in [2.24, 2.45) is 0 Å². The van der Waals surface area contributed by atoms with Crippen molar-refractivity contribution < 1.29 is 4.43 Å². The summed E-state index contributed by atoms with van der Waals surface area (Å²) in [5, 5.41) is 0. The van der Waals surface area contributed by atoms with Gasteiger partial charge >= 0.3 is 0 Å². The SMILES string of the molecule is CC(C)[Si](OCc1ccc(Br)[nH]1)(C(C)C)C(C)C. The molecule has 1 heterocycles. The smallest absolute Gasteiger partial charge is 0.200 e. The standard InChI is InChI=1S/C14H26BrNOSi/c1-10(2)18(11(3)4,12(5)6)17-9-13-7-8-14(15)16-13/h7-8,10-12,16H,9H2,1-6H3. The fraction of sp³-hybridized carbons (Fsp3) is 0.714. The second-order valence-electron chi connectivity index (χ2n) is 5.94.